The molecular weight excluding hydrogens is 222 g/mol. The maximum absolute atomic E-state index is 11.3. The highest BCUT2D eigenvalue weighted by Gasteiger charge is 2.08. The van der Waals surface area contributed by atoms with Gasteiger partial charge in [0, 0.05) is 24.9 Å². The smallest absolute Gasteiger partial charge is 0.239 e. The quantitative estimate of drug-likeness (QED) is 0.485. The van der Waals surface area contributed by atoms with E-state index in [1.54, 1.807) is 19.4 Å². The van der Waals surface area contributed by atoms with Crippen LogP contribution >= 0.6 is 0 Å². The zero-order valence-corrected chi connectivity index (χ0v) is 9.69. The fourth-order valence-electron chi connectivity index (χ4n) is 1.15. The molecule has 0 aromatic carbocycles. The molecule has 0 aliphatic rings. The highest BCUT2D eigenvalue weighted by atomic mass is 16.2. The van der Waals surface area contributed by atoms with Crippen LogP contribution in [0.2, 0.25) is 0 Å². The Kier molecular flexibility index (Phi) is 5.15. The van der Waals surface area contributed by atoms with E-state index in [-0.39, 0.29) is 18.4 Å². The van der Waals surface area contributed by atoms with E-state index >= 15 is 0 Å². The molecule has 2 amide bonds. The lowest BCUT2D eigenvalue weighted by atomic mass is 10.3. The molecule has 7 heteroatoms. The Labute approximate surface area is 99.2 Å². The lowest BCUT2D eigenvalue weighted by Crippen LogP contribution is -2.43. The lowest BCUT2D eigenvalue weighted by Gasteiger charge is -2.08. The summed E-state index contributed by atoms with van der Waals surface area (Å²) in [5.41, 5.74) is 6.28. The van der Waals surface area contributed by atoms with Gasteiger partial charge in [-0.2, -0.15) is 0 Å². The predicted octanol–water partition coefficient (Wildman–Crippen LogP) is -1.47. The number of nitrogens with zero attached hydrogens (tertiary/aromatic N) is 1. The predicted molar refractivity (Wildman–Crippen MR) is 62.0 cm³/mol. The monoisotopic (exact) mass is 239 g/mol. The SMILES string of the molecule is C[C@H](N)C(=O)NCC(=O)NCCc1cnc[nH]1. The number of rotatable bonds is 6. The van der Waals surface area contributed by atoms with Crippen molar-refractivity contribution in [3.8, 4) is 0 Å². The van der Waals surface area contributed by atoms with Crippen LogP contribution in [0.1, 0.15) is 12.6 Å². The van der Waals surface area contributed by atoms with Crippen molar-refractivity contribution in [1.82, 2.24) is 20.6 Å². The Hall–Kier alpha value is -1.89. The second kappa shape index (κ2) is 6.64. The van der Waals surface area contributed by atoms with Crippen LogP contribution in [0, 0.1) is 0 Å². The Morgan fingerprint density at radius 3 is 2.88 bits per heavy atom. The minimum Gasteiger partial charge on any atom is -0.354 e. The van der Waals surface area contributed by atoms with E-state index in [2.05, 4.69) is 20.6 Å². The molecule has 5 N–H and O–H groups in total. The van der Waals surface area contributed by atoms with Gasteiger partial charge in [-0.3, -0.25) is 9.59 Å². The van der Waals surface area contributed by atoms with Crippen LogP contribution in [0.5, 0.6) is 0 Å². The van der Waals surface area contributed by atoms with Gasteiger partial charge in [-0.15, -0.1) is 0 Å². The number of nitrogens with one attached hydrogen (secondary N) is 3. The fraction of sp³-hybridized carbons (Fsp3) is 0.500. The third-order valence-corrected chi connectivity index (χ3v) is 2.11. The van der Waals surface area contributed by atoms with Crippen molar-refractivity contribution in [2.75, 3.05) is 13.1 Å². The molecule has 0 spiro atoms. The summed E-state index contributed by atoms with van der Waals surface area (Å²) in [6.45, 7) is 2.00. The first-order valence-electron chi connectivity index (χ1n) is 5.37. The normalized spacial score (nSPS) is 11.9. The Morgan fingerprint density at radius 1 is 1.53 bits per heavy atom. The number of nitrogens with two attached hydrogens (primary N) is 1. The van der Waals surface area contributed by atoms with Gasteiger partial charge in [0.15, 0.2) is 0 Å². The molecule has 7 nitrogen and oxygen atoms in total. The molecule has 0 fully saturated rings. The van der Waals surface area contributed by atoms with Gasteiger partial charge in [0.2, 0.25) is 11.8 Å². The number of amides is 2. The summed E-state index contributed by atoms with van der Waals surface area (Å²) in [5, 5.41) is 5.10. The molecule has 0 saturated heterocycles. The average molecular weight is 239 g/mol. The molecule has 0 aliphatic heterocycles. The molecule has 1 aromatic heterocycles. The highest BCUT2D eigenvalue weighted by Crippen LogP contribution is 1.90. The van der Waals surface area contributed by atoms with Crippen LogP contribution in [0.25, 0.3) is 0 Å². The summed E-state index contributed by atoms with van der Waals surface area (Å²) in [4.78, 5) is 29.2. The molecule has 1 atom stereocenters. The Bertz CT molecular complexity index is 361. The third kappa shape index (κ3) is 5.12. The van der Waals surface area contributed by atoms with Crippen molar-refractivity contribution in [3.05, 3.63) is 18.2 Å². The summed E-state index contributed by atoms with van der Waals surface area (Å²) < 4.78 is 0. The van der Waals surface area contributed by atoms with E-state index in [9.17, 15) is 9.59 Å². The topological polar surface area (TPSA) is 113 Å². The van der Waals surface area contributed by atoms with Gasteiger partial charge < -0.3 is 21.4 Å². The van der Waals surface area contributed by atoms with Gasteiger partial charge >= 0.3 is 0 Å². The second-order valence-electron chi connectivity index (χ2n) is 3.68. The molecule has 1 heterocycles. The molecule has 17 heavy (non-hydrogen) atoms. The number of hydrogen-bond donors (Lipinski definition) is 4. The van der Waals surface area contributed by atoms with Gasteiger partial charge in [0.25, 0.3) is 0 Å². The molecule has 94 valence electrons. The molecule has 0 bridgehead atoms. The number of carbonyl (C=O) groups excluding carboxylic acids is 2. The van der Waals surface area contributed by atoms with E-state index in [1.807, 2.05) is 0 Å². The molecule has 0 aliphatic carbocycles. The lowest BCUT2D eigenvalue weighted by molar-refractivity contribution is -0.126. The summed E-state index contributed by atoms with van der Waals surface area (Å²) in [7, 11) is 0. The van der Waals surface area contributed by atoms with Crippen LogP contribution in [0.15, 0.2) is 12.5 Å². The van der Waals surface area contributed by atoms with Gasteiger partial charge in [-0.1, -0.05) is 0 Å². The van der Waals surface area contributed by atoms with Crippen molar-refractivity contribution in [2.24, 2.45) is 5.73 Å². The van der Waals surface area contributed by atoms with E-state index in [0.29, 0.717) is 13.0 Å². The zero-order valence-electron chi connectivity index (χ0n) is 9.69. The number of aromatic nitrogens is 2. The molecule has 0 unspecified atom stereocenters. The van der Waals surface area contributed by atoms with Crippen molar-refractivity contribution in [3.63, 3.8) is 0 Å². The highest BCUT2D eigenvalue weighted by molar-refractivity contribution is 5.86. The van der Waals surface area contributed by atoms with Gasteiger partial charge in [-0.05, 0) is 6.92 Å². The van der Waals surface area contributed by atoms with Crippen LogP contribution in [0.3, 0.4) is 0 Å². The fourth-order valence-corrected chi connectivity index (χ4v) is 1.15. The van der Waals surface area contributed by atoms with E-state index < -0.39 is 6.04 Å². The van der Waals surface area contributed by atoms with Crippen LogP contribution in [-0.2, 0) is 16.0 Å². The summed E-state index contributed by atoms with van der Waals surface area (Å²) >= 11 is 0. The first kappa shape index (κ1) is 13.2. The maximum Gasteiger partial charge on any atom is 0.239 e. The number of hydrogen-bond acceptors (Lipinski definition) is 4. The number of H-pyrrole nitrogens is 1. The van der Waals surface area contributed by atoms with Crippen molar-refractivity contribution >= 4 is 11.8 Å². The van der Waals surface area contributed by atoms with E-state index in [0.717, 1.165) is 5.69 Å². The van der Waals surface area contributed by atoms with Gasteiger partial charge in [0.1, 0.15) is 0 Å². The summed E-state index contributed by atoms with van der Waals surface area (Å²) in [5.74, 6) is -0.577. The largest absolute Gasteiger partial charge is 0.354 e. The minimum atomic E-state index is -0.604. The minimum absolute atomic E-state index is 0.0522. The van der Waals surface area contributed by atoms with Crippen LogP contribution < -0.4 is 16.4 Å². The summed E-state index contributed by atoms with van der Waals surface area (Å²) in [6.07, 6.45) is 3.96. The van der Waals surface area contributed by atoms with E-state index in [1.165, 1.54) is 0 Å². The first-order valence-corrected chi connectivity index (χ1v) is 5.37. The van der Waals surface area contributed by atoms with Gasteiger partial charge in [-0.25, -0.2) is 4.98 Å². The van der Waals surface area contributed by atoms with Crippen LogP contribution in [-0.4, -0.2) is 40.9 Å². The summed E-state index contributed by atoms with van der Waals surface area (Å²) in [6, 6.07) is -0.604. The number of aromatic amines is 1. The Morgan fingerprint density at radius 2 is 2.29 bits per heavy atom. The number of imidazole rings is 1. The van der Waals surface area contributed by atoms with Crippen LogP contribution in [0.4, 0.5) is 0 Å². The van der Waals surface area contributed by atoms with E-state index in [4.69, 9.17) is 5.73 Å². The van der Waals surface area contributed by atoms with Crippen molar-refractivity contribution < 1.29 is 9.59 Å². The molecule has 0 radical (unpaired) electrons. The molecular formula is C10H17N5O2. The standard InChI is InChI=1S/C10H17N5O2/c1-7(11)10(17)14-5-9(16)13-3-2-8-4-12-6-15-8/h4,6-7H,2-3,5,11H2,1H3,(H,12,15)(H,13,16)(H,14,17)/t7-/m0/s1. The molecule has 0 saturated carbocycles. The number of carbonyl (C=O) groups is 2. The average Bonchev–Trinajstić information content (AvgIpc) is 2.78. The zero-order chi connectivity index (χ0) is 12.7. The van der Waals surface area contributed by atoms with Crippen molar-refractivity contribution in [2.45, 2.75) is 19.4 Å². The molecule has 1 aromatic rings. The second-order valence-corrected chi connectivity index (χ2v) is 3.68. The maximum atomic E-state index is 11.3. The molecule has 1 rings (SSSR count). The first-order chi connectivity index (χ1) is 8.09. The van der Waals surface area contributed by atoms with Crippen molar-refractivity contribution in [1.29, 1.82) is 0 Å². The third-order valence-electron chi connectivity index (χ3n) is 2.11. The van der Waals surface area contributed by atoms with Gasteiger partial charge in [0.05, 0.1) is 18.9 Å². The Balaban J connectivity index is 2.11.